The highest BCUT2D eigenvalue weighted by Crippen LogP contribution is 2.49. The van der Waals surface area contributed by atoms with Gasteiger partial charge in [0, 0.05) is 80.5 Å². The van der Waals surface area contributed by atoms with Crippen molar-refractivity contribution in [1.29, 1.82) is 0 Å². The summed E-state index contributed by atoms with van der Waals surface area (Å²) in [5.41, 5.74) is 7.81. The number of carbonyl (C=O) groups excluding carboxylic acids is 3. The number of piperidine rings is 1. The highest BCUT2D eigenvalue weighted by atomic mass is 16.5. The number of fused-ring (bicyclic) bond motifs is 6. The Balaban J connectivity index is 0.688. The van der Waals surface area contributed by atoms with E-state index in [1.165, 1.54) is 42.4 Å². The largest absolute Gasteiger partial charge is 0.508 e. The van der Waals surface area contributed by atoms with Crippen LogP contribution in [0.4, 0.5) is 11.6 Å². The third kappa shape index (κ3) is 6.42. The molecular formula is C47H51N7O5. The van der Waals surface area contributed by atoms with E-state index in [1.54, 1.807) is 4.90 Å². The van der Waals surface area contributed by atoms with Gasteiger partial charge in [-0.25, -0.2) is 9.97 Å². The van der Waals surface area contributed by atoms with Crippen LogP contribution in [0.25, 0.3) is 0 Å². The van der Waals surface area contributed by atoms with E-state index < -0.39 is 11.9 Å². The van der Waals surface area contributed by atoms with Crippen LogP contribution in [-0.2, 0) is 22.6 Å². The number of phenolic OH excluding ortho intramolecular Hbond substituents is 1. The minimum Gasteiger partial charge on any atom is -0.508 e. The average molecular weight is 794 g/mol. The Morgan fingerprint density at radius 1 is 0.864 bits per heavy atom. The Kier molecular flexibility index (Phi) is 8.90. The fourth-order valence-corrected chi connectivity index (χ4v) is 11.7. The second kappa shape index (κ2) is 14.4. The van der Waals surface area contributed by atoms with Gasteiger partial charge in [-0.15, -0.1) is 0 Å². The van der Waals surface area contributed by atoms with E-state index in [2.05, 4.69) is 56.4 Å². The SMILES string of the molecule is O=C1CC[C@H](N2Cc3c(ccc4c3OC[C@H]3CN(CC5CCC6(CC5)CN(c5ncc([C@@H]7c8ccc(O)cc8CC[C@@H]7c7ccccc7)cn5)C6)CCN43)C2=O)C(=O)N1. The lowest BCUT2D eigenvalue weighted by atomic mass is 9.66. The first-order chi connectivity index (χ1) is 28.8. The number of aromatic nitrogens is 2. The third-order valence-corrected chi connectivity index (χ3v) is 14.8. The second-order valence-corrected chi connectivity index (χ2v) is 18.3. The zero-order valence-electron chi connectivity index (χ0n) is 33.4. The fraction of sp³-hybridized carbons (Fsp3) is 0.468. The molecule has 4 fully saturated rings. The van der Waals surface area contributed by atoms with Gasteiger partial charge in [0.05, 0.1) is 18.3 Å². The van der Waals surface area contributed by atoms with Crippen LogP contribution in [0.3, 0.4) is 0 Å². The molecule has 4 atom stereocenters. The van der Waals surface area contributed by atoms with Gasteiger partial charge < -0.3 is 24.5 Å². The predicted molar refractivity (Wildman–Crippen MR) is 222 cm³/mol. The standard InChI is InChI=1S/C47H51N7O5/c55-34-7-9-36-31(20-34)6-8-35(30-4-2-1-3-5-30)42(36)32-21-48-46(49-22-32)52-27-47(28-52)16-14-29(15-17-47)23-51-18-19-53-33(24-51)26-59-43-38-25-54(40-12-13-41(56)50-44(40)57)45(58)37(38)10-11-39(43)53/h1-5,7,9-11,20-22,29,33,35,40,42,55H,6,8,12-19,23-28H2,(H,50,56,57)/t33-,35-,40+,42+/m1/s1. The molecule has 1 aromatic heterocycles. The molecule has 12 nitrogen and oxygen atoms in total. The van der Waals surface area contributed by atoms with Crippen LogP contribution < -0.4 is 19.9 Å². The molecule has 4 aromatic rings. The van der Waals surface area contributed by atoms with Gasteiger partial charge in [0.15, 0.2) is 0 Å². The zero-order valence-corrected chi connectivity index (χ0v) is 33.4. The summed E-state index contributed by atoms with van der Waals surface area (Å²) in [6.07, 6.45) is 11.6. The van der Waals surface area contributed by atoms with Crippen LogP contribution in [0.2, 0.25) is 0 Å². The summed E-state index contributed by atoms with van der Waals surface area (Å²) in [5, 5.41) is 12.6. The summed E-state index contributed by atoms with van der Waals surface area (Å²) in [6, 6.07) is 20.2. The van der Waals surface area contributed by atoms with Crippen LogP contribution in [0.1, 0.15) is 95.0 Å². The molecule has 0 radical (unpaired) electrons. The summed E-state index contributed by atoms with van der Waals surface area (Å²) < 4.78 is 6.45. The number of benzene rings is 3. The predicted octanol–water partition coefficient (Wildman–Crippen LogP) is 5.38. The van der Waals surface area contributed by atoms with E-state index in [4.69, 9.17) is 14.7 Å². The van der Waals surface area contributed by atoms with Crippen molar-refractivity contribution in [2.24, 2.45) is 11.3 Å². The van der Waals surface area contributed by atoms with E-state index in [9.17, 15) is 19.5 Å². The number of nitrogens with one attached hydrogen (secondary N) is 1. The number of ether oxygens (including phenoxy) is 1. The van der Waals surface area contributed by atoms with E-state index >= 15 is 0 Å². The first kappa shape index (κ1) is 36.6. The molecule has 12 heteroatoms. The van der Waals surface area contributed by atoms with E-state index in [0.717, 1.165) is 80.6 Å². The number of hydrogen-bond acceptors (Lipinski definition) is 10. The quantitative estimate of drug-likeness (QED) is 0.246. The van der Waals surface area contributed by atoms with Crippen molar-refractivity contribution in [3.05, 3.63) is 106 Å². The number of rotatable bonds is 6. The molecule has 304 valence electrons. The number of nitrogens with zero attached hydrogens (tertiary/aromatic N) is 6. The Labute approximate surface area is 344 Å². The lowest BCUT2D eigenvalue weighted by Gasteiger charge is -2.54. The second-order valence-electron chi connectivity index (χ2n) is 18.3. The monoisotopic (exact) mass is 793 g/mol. The topological polar surface area (TPSA) is 131 Å². The average Bonchev–Trinajstić information content (AvgIpc) is 3.58. The number of piperazine rings is 1. The lowest BCUT2D eigenvalue weighted by molar-refractivity contribution is -0.136. The van der Waals surface area contributed by atoms with Gasteiger partial charge in [0.25, 0.3) is 5.91 Å². The Bertz CT molecular complexity index is 2300. The maximum atomic E-state index is 13.4. The number of imide groups is 1. The van der Waals surface area contributed by atoms with Crippen molar-refractivity contribution in [2.45, 2.75) is 81.8 Å². The van der Waals surface area contributed by atoms with Gasteiger partial charge in [-0.05, 0) is 103 Å². The molecule has 1 saturated carbocycles. The van der Waals surface area contributed by atoms with Gasteiger partial charge in [-0.3, -0.25) is 24.6 Å². The summed E-state index contributed by atoms with van der Waals surface area (Å²) in [5.74, 6) is 2.26. The highest BCUT2D eigenvalue weighted by molar-refractivity contribution is 6.06. The third-order valence-electron chi connectivity index (χ3n) is 14.8. The summed E-state index contributed by atoms with van der Waals surface area (Å²) >= 11 is 0. The number of phenols is 1. The molecule has 7 aliphatic rings. The van der Waals surface area contributed by atoms with E-state index in [-0.39, 0.29) is 30.2 Å². The maximum absolute atomic E-state index is 13.4. The maximum Gasteiger partial charge on any atom is 0.255 e. The minimum absolute atomic E-state index is 0.144. The number of carbonyl (C=O) groups is 3. The minimum atomic E-state index is -0.634. The molecule has 2 N–H and O–H groups in total. The molecule has 5 aliphatic heterocycles. The molecule has 3 aromatic carbocycles. The van der Waals surface area contributed by atoms with Crippen molar-refractivity contribution in [2.75, 3.05) is 55.7 Å². The van der Waals surface area contributed by atoms with Crippen LogP contribution in [0.5, 0.6) is 11.5 Å². The van der Waals surface area contributed by atoms with Crippen molar-refractivity contribution in [1.82, 2.24) is 25.1 Å². The summed E-state index contributed by atoms with van der Waals surface area (Å²) in [6.45, 7) is 6.94. The smallest absolute Gasteiger partial charge is 0.255 e. The van der Waals surface area contributed by atoms with Gasteiger partial charge >= 0.3 is 0 Å². The Morgan fingerprint density at radius 2 is 1.68 bits per heavy atom. The first-order valence-corrected chi connectivity index (χ1v) is 21.7. The van der Waals surface area contributed by atoms with E-state index in [1.807, 2.05) is 36.7 Å². The summed E-state index contributed by atoms with van der Waals surface area (Å²) in [7, 11) is 0. The van der Waals surface area contributed by atoms with Crippen LogP contribution in [0.15, 0.2) is 73.1 Å². The van der Waals surface area contributed by atoms with Gasteiger partial charge in [0.1, 0.15) is 24.1 Å². The highest BCUT2D eigenvalue weighted by Gasteiger charge is 2.47. The van der Waals surface area contributed by atoms with Gasteiger partial charge in [0.2, 0.25) is 17.8 Å². The summed E-state index contributed by atoms with van der Waals surface area (Å²) in [4.78, 5) is 56.7. The molecule has 3 amide bonds. The first-order valence-electron chi connectivity index (χ1n) is 21.7. The molecule has 2 aliphatic carbocycles. The number of amides is 3. The molecule has 1 spiro atoms. The molecule has 6 heterocycles. The lowest BCUT2D eigenvalue weighted by Crippen LogP contribution is -2.59. The molecule has 0 bridgehead atoms. The van der Waals surface area contributed by atoms with Crippen LogP contribution in [-0.4, -0.2) is 101 Å². The van der Waals surface area contributed by atoms with Crippen LogP contribution >= 0.6 is 0 Å². The molecular weight excluding hydrogens is 743 g/mol. The number of anilines is 2. The Morgan fingerprint density at radius 3 is 2.47 bits per heavy atom. The molecule has 0 unspecified atom stereocenters. The van der Waals surface area contributed by atoms with Crippen LogP contribution in [0, 0.1) is 11.3 Å². The van der Waals surface area contributed by atoms with Crippen molar-refractivity contribution < 1.29 is 24.2 Å². The van der Waals surface area contributed by atoms with Gasteiger partial charge in [-0.2, -0.15) is 0 Å². The number of hydrogen-bond donors (Lipinski definition) is 2. The number of aryl methyl sites for hydroxylation is 1. The van der Waals surface area contributed by atoms with E-state index in [0.29, 0.717) is 48.1 Å². The zero-order chi connectivity index (χ0) is 39.8. The number of aromatic hydroxyl groups is 1. The molecule has 11 rings (SSSR count). The fourth-order valence-electron chi connectivity index (χ4n) is 11.7. The van der Waals surface area contributed by atoms with Gasteiger partial charge in [-0.1, -0.05) is 36.4 Å². The van der Waals surface area contributed by atoms with Crippen molar-refractivity contribution in [3.8, 4) is 11.5 Å². The molecule has 3 saturated heterocycles. The van der Waals surface area contributed by atoms with Crippen molar-refractivity contribution >= 4 is 29.4 Å². The Hall–Kier alpha value is -5.49. The molecule has 59 heavy (non-hydrogen) atoms. The normalized spacial score (nSPS) is 26.4. The van der Waals surface area contributed by atoms with Crippen molar-refractivity contribution in [3.63, 3.8) is 0 Å².